The number of carbonyl (C=O) groups excluding carboxylic acids is 2. The lowest BCUT2D eigenvalue weighted by molar-refractivity contribution is -0.138. The van der Waals surface area contributed by atoms with E-state index < -0.39 is 23.6 Å². The molecule has 0 bridgehead atoms. The molecule has 1 aliphatic heterocycles. The summed E-state index contributed by atoms with van der Waals surface area (Å²) in [5.74, 6) is -1.01. The highest BCUT2D eigenvalue weighted by Gasteiger charge is 2.36. The van der Waals surface area contributed by atoms with E-state index in [9.17, 15) is 22.8 Å². The molecular weight excluding hydrogens is 323 g/mol. The van der Waals surface area contributed by atoms with E-state index in [2.05, 4.69) is 0 Å². The zero-order chi connectivity index (χ0) is 17.7. The highest BCUT2D eigenvalue weighted by atomic mass is 19.4. The van der Waals surface area contributed by atoms with Gasteiger partial charge < -0.3 is 15.5 Å². The van der Waals surface area contributed by atoms with Gasteiger partial charge in [-0.05, 0) is 25.1 Å². The van der Waals surface area contributed by atoms with Crippen molar-refractivity contribution in [3.05, 3.63) is 35.4 Å². The first-order valence-corrected chi connectivity index (χ1v) is 7.75. The van der Waals surface area contributed by atoms with E-state index >= 15 is 0 Å². The second-order valence-electron chi connectivity index (χ2n) is 5.75. The van der Waals surface area contributed by atoms with E-state index in [1.807, 2.05) is 4.90 Å². The van der Waals surface area contributed by atoms with Crippen LogP contribution in [0.25, 0.3) is 0 Å². The molecule has 0 atom stereocenters. The summed E-state index contributed by atoms with van der Waals surface area (Å²) in [4.78, 5) is 26.8. The second kappa shape index (κ2) is 7.65. The van der Waals surface area contributed by atoms with E-state index in [0.717, 1.165) is 6.07 Å². The smallest absolute Gasteiger partial charge is 0.370 e. The minimum absolute atomic E-state index is 0.227. The molecule has 132 valence electrons. The van der Waals surface area contributed by atoms with Crippen LogP contribution in [0.4, 0.5) is 13.2 Å². The second-order valence-corrected chi connectivity index (χ2v) is 5.75. The van der Waals surface area contributed by atoms with Crippen LogP contribution in [-0.2, 0) is 11.0 Å². The van der Waals surface area contributed by atoms with E-state index in [1.165, 1.54) is 23.1 Å². The van der Waals surface area contributed by atoms with Gasteiger partial charge in [0.25, 0.3) is 5.91 Å². The molecule has 1 saturated heterocycles. The van der Waals surface area contributed by atoms with Gasteiger partial charge in [-0.1, -0.05) is 12.1 Å². The quantitative estimate of drug-likeness (QED) is 0.905. The number of halogens is 3. The molecule has 1 aromatic rings. The fourth-order valence-electron chi connectivity index (χ4n) is 2.75. The van der Waals surface area contributed by atoms with Crippen molar-refractivity contribution in [2.75, 3.05) is 32.7 Å². The summed E-state index contributed by atoms with van der Waals surface area (Å²) in [5, 5.41) is 0. The Hall–Kier alpha value is -2.09. The van der Waals surface area contributed by atoms with Gasteiger partial charge in [-0.25, -0.2) is 0 Å². The third kappa shape index (κ3) is 4.70. The predicted molar refractivity (Wildman–Crippen MR) is 82.2 cm³/mol. The maximum absolute atomic E-state index is 13.1. The molecule has 0 unspecified atom stereocenters. The Morgan fingerprint density at radius 3 is 2.46 bits per heavy atom. The molecule has 1 heterocycles. The summed E-state index contributed by atoms with van der Waals surface area (Å²) in [6.07, 6.45) is -3.70. The lowest BCUT2D eigenvalue weighted by atomic mass is 10.1. The number of alkyl halides is 3. The van der Waals surface area contributed by atoms with Gasteiger partial charge in [0.15, 0.2) is 0 Å². The van der Waals surface area contributed by atoms with E-state index in [4.69, 9.17) is 5.73 Å². The third-order valence-electron chi connectivity index (χ3n) is 4.01. The molecule has 1 fully saturated rings. The van der Waals surface area contributed by atoms with Crippen molar-refractivity contribution in [1.82, 2.24) is 9.80 Å². The number of nitrogens with two attached hydrogens (primary N) is 1. The van der Waals surface area contributed by atoms with Gasteiger partial charge in [-0.3, -0.25) is 9.59 Å². The molecule has 5 nitrogen and oxygen atoms in total. The fourth-order valence-corrected chi connectivity index (χ4v) is 2.75. The molecule has 0 spiro atoms. The molecule has 2 amide bonds. The van der Waals surface area contributed by atoms with Crippen molar-refractivity contribution >= 4 is 11.8 Å². The van der Waals surface area contributed by atoms with Crippen LogP contribution in [0.5, 0.6) is 0 Å². The number of carbonyl (C=O) groups is 2. The van der Waals surface area contributed by atoms with Crippen LogP contribution in [0, 0.1) is 0 Å². The van der Waals surface area contributed by atoms with Crippen molar-refractivity contribution in [1.29, 1.82) is 0 Å². The highest BCUT2D eigenvalue weighted by Crippen LogP contribution is 2.32. The molecular formula is C16H20F3N3O2. The van der Waals surface area contributed by atoms with Crippen LogP contribution in [0.15, 0.2) is 24.3 Å². The third-order valence-corrected chi connectivity index (χ3v) is 4.01. The van der Waals surface area contributed by atoms with E-state index in [0.29, 0.717) is 39.1 Å². The summed E-state index contributed by atoms with van der Waals surface area (Å²) in [5.41, 5.74) is 3.89. The zero-order valence-electron chi connectivity index (χ0n) is 13.2. The Bertz CT molecular complexity index is 604. The molecule has 0 radical (unpaired) electrons. The summed E-state index contributed by atoms with van der Waals surface area (Å²) >= 11 is 0. The summed E-state index contributed by atoms with van der Waals surface area (Å²) in [6.45, 7) is 2.39. The number of rotatable bonds is 4. The van der Waals surface area contributed by atoms with Gasteiger partial charge in [-0.15, -0.1) is 0 Å². The average Bonchev–Trinajstić information content (AvgIpc) is 2.77. The first-order valence-electron chi connectivity index (χ1n) is 7.75. The highest BCUT2D eigenvalue weighted by molar-refractivity contribution is 5.96. The largest absolute Gasteiger partial charge is 0.417 e. The standard InChI is InChI=1S/C16H20F3N3O2/c17-16(18,19)13-5-2-1-4-12(13)15(24)22-8-3-7-21(10-11-22)9-6-14(20)23/h1-2,4-5H,3,6-11H2,(H2,20,23). The summed E-state index contributed by atoms with van der Waals surface area (Å²) in [7, 11) is 0. The maximum Gasteiger partial charge on any atom is 0.417 e. The van der Waals surface area contributed by atoms with Gasteiger partial charge in [0, 0.05) is 32.6 Å². The Balaban J connectivity index is 2.07. The molecule has 2 N–H and O–H groups in total. The fraction of sp³-hybridized carbons (Fsp3) is 0.500. The molecule has 1 aliphatic rings. The molecule has 0 aliphatic carbocycles. The maximum atomic E-state index is 13.1. The SMILES string of the molecule is NC(=O)CCN1CCCN(C(=O)c2ccccc2C(F)(F)F)CC1. The Morgan fingerprint density at radius 1 is 1.08 bits per heavy atom. The monoisotopic (exact) mass is 343 g/mol. The van der Waals surface area contributed by atoms with E-state index in [-0.39, 0.29) is 12.0 Å². The lowest BCUT2D eigenvalue weighted by Gasteiger charge is -2.23. The van der Waals surface area contributed by atoms with Crippen molar-refractivity contribution in [3.63, 3.8) is 0 Å². The Morgan fingerprint density at radius 2 is 1.79 bits per heavy atom. The predicted octanol–water partition coefficient (Wildman–Crippen LogP) is 1.73. The normalized spacial score (nSPS) is 16.7. The van der Waals surface area contributed by atoms with Crippen molar-refractivity contribution in [2.45, 2.75) is 19.0 Å². The molecule has 1 aromatic carbocycles. The van der Waals surface area contributed by atoms with Crippen LogP contribution in [0.1, 0.15) is 28.8 Å². The topological polar surface area (TPSA) is 66.6 Å². The number of hydrogen-bond acceptors (Lipinski definition) is 3. The molecule has 8 heteroatoms. The average molecular weight is 343 g/mol. The molecule has 24 heavy (non-hydrogen) atoms. The van der Waals surface area contributed by atoms with Gasteiger partial charge in [0.1, 0.15) is 0 Å². The number of nitrogens with zero attached hydrogens (tertiary/aromatic N) is 2. The van der Waals surface area contributed by atoms with Crippen LogP contribution < -0.4 is 5.73 Å². The zero-order valence-corrected chi connectivity index (χ0v) is 13.2. The van der Waals surface area contributed by atoms with Crippen LogP contribution >= 0.6 is 0 Å². The minimum atomic E-state index is -4.56. The van der Waals surface area contributed by atoms with Gasteiger partial charge in [0.05, 0.1) is 11.1 Å². The number of primary amides is 1. The van der Waals surface area contributed by atoms with E-state index in [1.54, 1.807) is 0 Å². The van der Waals surface area contributed by atoms with Crippen LogP contribution in [-0.4, -0.2) is 54.3 Å². The Kier molecular flexibility index (Phi) is 5.82. The first kappa shape index (κ1) is 18.3. The van der Waals surface area contributed by atoms with Crippen molar-refractivity contribution < 1.29 is 22.8 Å². The number of amides is 2. The van der Waals surface area contributed by atoms with Gasteiger partial charge >= 0.3 is 6.18 Å². The summed E-state index contributed by atoms with van der Waals surface area (Å²) in [6, 6.07) is 4.83. The molecule has 0 aromatic heterocycles. The minimum Gasteiger partial charge on any atom is -0.370 e. The number of benzene rings is 1. The van der Waals surface area contributed by atoms with Crippen LogP contribution in [0.3, 0.4) is 0 Å². The molecule has 2 rings (SSSR count). The van der Waals surface area contributed by atoms with Crippen LogP contribution in [0.2, 0.25) is 0 Å². The van der Waals surface area contributed by atoms with Gasteiger partial charge in [-0.2, -0.15) is 13.2 Å². The molecule has 0 saturated carbocycles. The Labute approximate surface area is 138 Å². The van der Waals surface area contributed by atoms with Crippen molar-refractivity contribution in [3.8, 4) is 0 Å². The summed E-state index contributed by atoms with van der Waals surface area (Å²) < 4.78 is 39.2. The van der Waals surface area contributed by atoms with Gasteiger partial charge in [0.2, 0.25) is 5.91 Å². The van der Waals surface area contributed by atoms with Crippen molar-refractivity contribution in [2.24, 2.45) is 5.73 Å². The lowest BCUT2D eigenvalue weighted by Crippen LogP contribution is -2.36. The first-order chi connectivity index (χ1) is 11.3. The number of hydrogen-bond donors (Lipinski definition) is 1.